The van der Waals surface area contributed by atoms with Crippen LogP contribution in [0.5, 0.6) is 0 Å². The van der Waals surface area contributed by atoms with E-state index in [1.165, 1.54) is 4.68 Å². The molecule has 1 saturated heterocycles. The number of rotatable bonds is 6. The molecule has 1 fully saturated rings. The van der Waals surface area contributed by atoms with Gasteiger partial charge in [-0.2, -0.15) is 5.10 Å². The number of likely N-dealkylation sites (N-methyl/N-ethyl adjacent to an activating group) is 1. The number of nitrogens with one attached hydrogen (secondary N) is 3. The fourth-order valence-corrected chi connectivity index (χ4v) is 2.75. The van der Waals surface area contributed by atoms with Gasteiger partial charge in [-0.25, -0.2) is 0 Å². The van der Waals surface area contributed by atoms with Gasteiger partial charge in [0.2, 0.25) is 11.8 Å². The molecule has 2 rings (SSSR count). The summed E-state index contributed by atoms with van der Waals surface area (Å²) in [6.45, 7) is 3.10. The maximum absolute atomic E-state index is 12.5. The van der Waals surface area contributed by atoms with Gasteiger partial charge in [0.25, 0.3) is 0 Å². The lowest BCUT2D eigenvalue weighted by molar-refractivity contribution is -0.122. The SMILES string of the molecule is CCCC1(C(=O)Nc2cnn(CC(=O)NC)c2)CCCN1. The zero-order chi connectivity index (χ0) is 15.3. The maximum Gasteiger partial charge on any atom is 0.244 e. The molecule has 3 N–H and O–H groups in total. The van der Waals surface area contributed by atoms with E-state index in [9.17, 15) is 9.59 Å². The molecule has 21 heavy (non-hydrogen) atoms. The van der Waals surface area contributed by atoms with Crippen LogP contribution >= 0.6 is 0 Å². The largest absolute Gasteiger partial charge is 0.358 e. The summed E-state index contributed by atoms with van der Waals surface area (Å²) in [5.41, 5.74) is 0.158. The van der Waals surface area contributed by atoms with E-state index in [-0.39, 0.29) is 18.4 Å². The molecule has 7 nitrogen and oxygen atoms in total. The molecule has 0 radical (unpaired) electrons. The lowest BCUT2D eigenvalue weighted by Gasteiger charge is -2.27. The second-order valence-corrected chi connectivity index (χ2v) is 5.42. The lowest BCUT2D eigenvalue weighted by atomic mass is 9.91. The number of hydrogen-bond acceptors (Lipinski definition) is 4. The summed E-state index contributed by atoms with van der Waals surface area (Å²) in [5.74, 6) is -0.141. The van der Waals surface area contributed by atoms with Crippen LogP contribution in [0.2, 0.25) is 0 Å². The number of nitrogens with zero attached hydrogens (tertiary/aromatic N) is 2. The number of carbonyl (C=O) groups excluding carboxylic acids is 2. The highest BCUT2D eigenvalue weighted by molar-refractivity contribution is 5.98. The van der Waals surface area contributed by atoms with Crippen molar-refractivity contribution in [1.82, 2.24) is 20.4 Å². The van der Waals surface area contributed by atoms with E-state index in [0.717, 1.165) is 32.2 Å². The van der Waals surface area contributed by atoms with Crippen molar-refractivity contribution in [1.29, 1.82) is 0 Å². The number of amides is 2. The minimum atomic E-state index is -0.461. The first-order valence-corrected chi connectivity index (χ1v) is 7.39. The molecule has 7 heteroatoms. The summed E-state index contributed by atoms with van der Waals surface area (Å²) in [5, 5.41) is 12.8. The molecule has 1 aromatic heterocycles. The molecule has 1 unspecified atom stereocenters. The Morgan fingerprint density at radius 1 is 1.52 bits per heavy atom. The lowest BCUT2D eigenvalue weighted by Crippen LogP contribution is -2.50. The molecule has 1 aromatic rings. The number of hydrogen-bond donors (Lipinski definition) is 3. The monoisotopic (exact) mass is 293 g/mol. The first kappa shape index (κ1) is 15.5. The van der Waals surface area contributed by atoms with Crippen LogP contribution in [-0.2, 0) is 16.1 Å². The minimum absolute atomic E-state index is 0.0126. The highest BCUT2D eigenvalue weighted by Crippen LogP contribution is 2.26. The second kappa shape index (κ2) is 6.71. The highest BCUT2D eigenvalue weighted by Gasteiger charge is 2.39. The van der Waals surface area contributed by atoms with Gasteiger partial charge in [0.15, 0.2) is 0 Å². The average molecular weight is 293 g/mol. The summed E-state index contributed by atoms with van der Waals surface area (Å²) in [4.78, 5) is 23.8. The molecular weight excluding hydrogens is 270 g/mol. The van der Waals surface area contributed by atoms with Crippen molar-refractivity contribution in [3.05, 3.63) is 12.4 Å². The Morgan fingerprint density at radius 3 is 2.95 bits per heavy atom. The summed E-state index contributed by atoms with van der Waals surface area (Å²) >= 11 is 0. The predicted molar refractivity (Wildman–Crippen MR) is 79.8 cm³/mol. The summed E-state index contributed by atoms with van der Waals surface area (Å²) in [7, 11) is 1.58. The molecule has 0 aromatic carbocycles. The van der Waals surface area contributed by atoms with Gasteiger partial charge in [-0.15, -0.1) is 0 Å². The van der Waals surface area contributed by atoms with Crippen molar-refractivity contribution in [3.63, 3.8) is 0 Å². The van der Waals surface area contributed by atoms with Crippen LogP contribution < -0.4 is 16.0 Å². The molecule has 1 aliphatic rings. The standard InChI is InChI=1S/C14H23N5O2/c1-3-5-14(6-4-7-16-14)13(21)18-11-8-17-19(9-11)10-12(20)15-2/h8-9,16H,3-7,10H2,1-2H3,(H,15,20)(H,18,21). The zero-order valence-corrected chi connectivity index (χ0v) is 12.6. The fraction of sp³-hybridized carbons (Fsp3) is 0.643. The van der Waals surface area contributed by atoms with Gasteiger partial charge in [0.05, 0.1) is 17.4 Å². The molecule has 0 aliphatic carbocycles. The Hall–Kier alpha value is -1.89. The van der Waals surface area contributed by atoms with Crippen LogP contribution in [0.25, 0.3) is 0 Å². The molecule has 2 amide bonds. The average Bonchev–Trinajstić information content (AvgIpc) is 3.09. The van der Waals surface area contributed by atoms with Crippen LogP contribution in [0.3, 0.4) is 0 Å². The van der Waals surface area contributed by atoms with Gasteiger partial charge >= 0.3 is 0 Å². The number of anilines is 1. The minimum Gasteiger partial charge on any atom is -0.358 e. The number of carbonyl (C=O) groups is 2. The van der Waals surface area contributed by atoms with Crippen molar-refractivity contribution in [2.45, 2.75) is 44.7 Å². The fourth-order valence-electron chi connectivity index (χ4n) is 2.75. The van der Waals surface area contributed by atoms with Gasteiger partial charge in [-0.3, -0.25) is 14.3 Å². The van der Waals surface area contributed by atoms with Crippen LogP contribution in [0.1, 0.15) is 32.6 Å². The topological polar surface area (TPSA) is 88.0 Å². The highest BCUT2D eigenvalue weighted by atomic mass is 16.2. The summed E-state index contributed by atoms with van der Waals surface area (Å²) < 4.78 is 1.50. The van der Waals surface area contributed by atoms with Crippen LogP contribution in [0, 0.1) is 0 Å². The summed E-state index contributed by atoms with van der Waals surface area (Å²) in [6, 6.07) is 0. The number of aromatic nitrogens is 2. The zero-order valence-electron chi connectivity index (χ0n) is 12.6. The van der Waals surface area contributed by atoms with E-state index >= 15 is 0 Å². The summed E-state index contributed by atoms with van der Waals surface area (Å²) in [6.07, 6.45) is 6.89. The Balaban J connectivity index is 2.00. The van der Waals surface area contributed by atoms with Crippen LogP contribution in [-0.4, -0.2) is 40.7 Å². The van der Waals surface area contributed by atoms with E-state index in [1.54, 1.807) is 19.4 Å². The van der Waals surface area contributed by atoms with Gasteiger partial charge in [0.1, 0.15) is 6.54 Å². The van der Waals surface area contributed by atoms with Gasteiger partial charge in [0, 0.05) is 13.2 Å². The molecule has 1 atom stereocenters. The van der Waals surface area contributed by atoms with E-state index in [1.807, 2.05) is 0 Å². The van der Waals surface area contributed by atoms with Crippen LogP contribution in [0.15, 0.2) is 12.4 Å². The van der Waals surface area contributed by atoms with E-state index in [4.69, 9.17) is 0 Å². The third-order valence-electron chi connectivity index (χ3n) is 3.83. The van der Waals surface area contributed by atoms with Crippen LogP contribution in [0.4, 0.5) is 5.69 Å². The molecule has 1 aliphatic heterocycles. The molecule has 116 valence electrons. The molecular formula is C14H23N5O2. The molecule has 0 bridgehead atoms. The Bertz CT molecular complexity index is 505. The Morgan fingerprint density at radius 2 is 2.33 bits per heavy atom. The Kier molecular flexibility index (Phi) is 4.95. The van der Waals surface area contributed by atoms with Crippen molar-refractivity contribution < 1.29 is 9.59 Å². The third-order valence-corrected chi connectivity index (χ3v) is 3.83. The van der Waals surface area contributed by atoms with Gasteiger partial charge in [-0.05, 0) is 25.8 Å². The van der Waals surface area contributed by atoms with E-state index < -0.39 is 5.54 Å². The van der Waals surface area contributed by atoms with Crippen molar-refractivity contribution in [3.8, 4) is 0 Å². The quantitative estimate of drug-likeness (QED) is 0.712. The third kappa shape index (κ3) is 3.60. The molecule has 0 saturated carbocycles. The molecule has 2 heterocycles. The smallest absolute Gasteiger partial charge is 0.244 e. The second-order valence-electron chi connectivity index (χ2n) is 5.42. The molecule has 0 spiro atoms. The van der Waals surface area contributed by atoms with Gasteiger partial charge < -0.3 is 16.0 Å². The normalized spacial score (nSPS) is 21.2. The van der Waals surface area contributed by atoms with E-state index in [0.29, 0.717) is 5.69 Å². The first-order chi connectivity index (χ1) is 10.1. The van der Waals surface area contributed by atoms with E-state index in [2.05, 4.69) is 28.0 Å². The maximum atomic E-state index is 12.5. The predicted octanol–water partition coefficient (Wildman–Crippen LogP) is 0.490. The van der Waals surface area contributed by atoms with Crippen molar-refractivity contribution >= 4 is 17.5 Å². The first-order valence-electron chi connectivity index (χ1n) is 7.39. The van der Waals surface area contributed by atoms with Gasteiger partial charge in [-0.1, -0.05) is 13.3 Å². The Labute approximate surface area is 124 Å². The van der Waals surface area contributed by atoms with Crippen molar-refractivity contribution in [2.75, 3.05) is 18.9 Å². The van der Waals surface area contributed by atoms with Crippen molar-refractivity contribution in [2.24, 2.45) is 0 Å².